The van der Waals surface area contributed by atoms with Crippen molar-refractivity contribution < 1.29 is 9.47 Å². The number of nitrogens with one attached hydrogen (secondary N) is 2. The van der Waals surface area contributed by atoms with Crippen molar-refractivity contribution in [2.24, 2.45) is 5.92 Å². The summed E-state index contributed by atoms with van der Waals surface area (Å²) in [5.74, 6) is 2.16. The molecule has 0 aliphatic carbocycles. The molecule has 0 saturated carbocycles. The number of anilines is 2. The quantitative estimate of drug-likeness (QED) is 0.373. The highest BCUT2D eigenvalue weighted by Crippen LogP contribution is 2.34. The van der Waals surface area contributed by atoms with Crippen LogP contribution in [0.5, 0.6) is 5.75 Å². The Bertz CT molecular complexity index is 1210. The van der Waals surface area contributed by atoms with Gasteiger partial charge in [0.05, 0.1) is 29.9 Å². The highest BCUT2D eigenvalue weighted by Gasteiger charge is 2.16. The fourth-order valence-corrected chi connectivity index (χ4v) is 4.91. The highest BCUT2D eigenvalue weighted by molar-refractivity contribution is 7.22. The third kappa shape index (κ3) is 5.23. The van der Waals surface area contributed by atoms with E-state index in [0.29, 0.717) is 12.5 Å². The minimum absolute atomic E-state index is 0.613. The molecule has 7 nitrogen and oxygen atoms in total. The van der Waals surface area contributed by atoms with Gasteiger partial charge in [0.15, 0.2) is 5.13 Å². The monoisotopic (exact) mass is 461 g/mol. The lowest BCUT2D eigenvalue weighted by Crippen LogP contribution is -2.22. The molecule has 2 N–H and O–H groups in total. The summed E-state index contributed by atoms with van der Waals surface area (Å²) in [6.45, 7) is 3.25. The Balaban J connectivity index is 1.29. The van der Waals surface area contributed by atoms with E-state index in [1.54, 1.807) is 30.8 Å². The summed E-state index contributed by atoms with van der Waals surface area (Å²) in [5, 5.41) is 7.84. The lowest BCUT2D eigenvalue weighted by atomic mass is 10.0. The van der Waals surface area contributed by atoms with Crippen LogP contribution in [0.3, 0.4) is 0 Å². The van der Waals surface area contributed by atoms with Gasteiger partial charge >= 0.3 is 0 Å². The molecule has 3 heterocycles. The summed E-state index contributed by atoms with van der Waals surface area (Å²) >= 11 is 1.66. The van der Waals surface area contributed by atoms with E-state index in [1.807, 2.05) is 36.4 Å². The van der Waals surface area contributed by atoms with Crippen LogP contribution in [0.1, 0.15) is 18.4 Å². The molecule has 33 heavy (non-hydrogen) atoms. The van der Waals surface area contributed by atoms with Crippen LogP contribution in [0.2, 0.25) is 0 Å². The number of aromatic nitrogens is 3. The summed E-state index contributed by atoms with van der Waals surface area (Å²) in [7, 11) is 1.69. The maximum Gasteiger partial charge on any atom is 0.183 e. The Hall–Kier alpha value is -3.23. The second kappa shape index (κ2) is 10.1. The third-order valence-electron chi connectivity index (χ3n) is 5.80. The predicted molar refractivity (Wildman–Crippen MR) is 133 cm³/mol. The van der Waals surface area contributed by atoms with Gasteiger partial charge in [0.25, 0.3) is 0 Å². The third-order valence-corrected chi connectivity index (χ3v) is 6.76. The Morgan fingerprint density at radius 3 is 2.73 bits per heavy atom. The molecule has 0 bridgehead atoms. The van der Waals surface area contributed by atoms with E-state index in [2.05, 4.69) is 21.7 Å². The summed E-state index contributed by atoms with van der Waals surface area (Å²) in [4.78, 5) is 13.8. The number of methoxy groups -OCH3 is 1. The first-order chi connectivity index (χ1) is 16.3. The predicted octanol–water partition coefficient (Wildman–Crippen LogP) is 5.21. The Morgan fingerprint density at radius 1 is 1.06 bits per heavy atom. The lowest BCUT2D eigenvalue weighted by Gasteiger charge is -2.21. The van der Waals surface area contributed by atoms with Crippen molar-refractivity contribution in [1.82, 2.24) is 15.0 Å². The van der Waals surface area contributed by atoms with E-state index in [-0.39, 0.29) is 0 Å². The van der Waals surface area contributed by atoms with Gasteiger partial charge in [-0.15, -0.1) is 0 Å². The standard InChI is InChI=1S/C25H27N5O2S/c1-31-21-11-18(14-27-23-16-26-15-20(29-23)19-5-3-2-4-6-19)12-22-24(21)30-25(33-22)28-13-17-7-9-32-10-8-17/h2-6,11-12,15-17H,7-10,13-14H2,1H3,(H,27,29)(H,28,30). The van der Waals surface area contributed by atoms with E-state index >= 15 is 0 Å². The van der Waals surface area contributed by atoms with E-state index in [4.69, 9.17) is 19.4 Å². The van der Waals surface area contributed by atoms with Gasteiger partial charge < -0.3 is 20.1 Å². The maximum atomic E-state index is 5.65. The van der Waals surface area contributed by atoms with Crippen molar-refractivity contribution in [3.63, 3.8) is 0 Å². The van der Waals surface area contributed by atoms with Crippen molar-refractivity contribution in [2.45, 2.75) is 19.4 Å². The zero-order chi connectivity index (χ0) is 22.5. The normalized spacial score (nSPS) is 14.3. The first kappa shape index (κ1) is 21.6. The van der Waals surface area contributed by atoms with Gasteiger partial charge in [0.1, 0.15) is 17.1 Å². The zero-order valence-corrected chi connectivity index (χ0v) is 19.4. The number of benzene rings is 2. The second-order valence-corrected chi connectivity index (χ2v) is 9.14. The molecule has 1 aliphatic heterocycles. The van der Waals surface area contributed by atoms with E-state index in [1.165, 1.54) is 0 Å². The van der Waals surface area contributed by atoms with Gasteiger partial charge in [-0.25, -0.2) is 9.97 Å². The van der Waals surface area contributed by atoms with E-state index < -0.39 is 0 Å². The van der Waals surface area contributed by atoms with Crippen LogP contribution in [-0.2, 0) is 11.3 Å². The molecule has 0 atom stereocenters. The molecule has 0 radical (unpaired) electrons. The molecule has 1 aliphatic rings. The largest absolute Gasteiger partial charge is 0.494 e. The molecular weight excluding hydrogens is 434 g/mol. The molecule has 0 unspecified atom stereocenters. The first-order valence-electron chi connectivity index (χ1n) is 11.2. The Labute approximate surface area is 197 Å². The number of thiazole rings is 1. The summed E-state index contributed by atoms with van der Waals surface area (Å²) in [6.07, 6.45) is 5.73. The zero-order valence-electron chi connectivity index (χ0n) is 18.6. The number of ether oxygens (including phenoxy) is 2. The number of hydrogen-bond donors (Lipinski definition) is 2. The molecule has 170 valence electrons. The maximum absolute atomic E-state index is 5.65. The minimum atomic E-state index is 0.613. The average molecular weight is 462 g/mol. The van der Waals surface area contributed by atoms with Crippen LogP contribution >= 0.6 is 11.3 Å². The van der Waals surface area contributed by atoms with Gasteiger partial charge in [-0.1, -0.05) is 41.7 Å². The molecule has 0 amide bonds. The molecule has 5 rings (SSSR count). The SMILES string of the molecule is COc1cc(CNc2cncc(-c3ccccc3)n2)cc2sc(NCC3CCOCC3)nc12. The minimum Gasteiger partial charge on any atom is -0.494 e. The van der Waals surface area contributed by atoms with Crippen LogP contribution in [0, 0.1) is 5.92 Å². The van der Waals surface area contributed by atoms with Crippen molar-refractivity contribution in [3.8, 4) is 17.0 Å². The molecule has 0 spiro atoms. The molecule has 1 saturated heterocycles. The van der Waals surface area contributed by atoms with Crippen molar-refractivity contribution in [2.75, 3.05) is 37.5 Å². The van der Waals surface area contributed by atoms with Crippen LogP contribution in [0.4, 0.5) is 10.9 Å². The van der Waals surface area contributed by atoms with Crippen LogP contribution in [0.25, 0.3) is 21.5 Å². The fraction of sp³-hybridized carbons (Fsp3) is 0.320. The van der Waals surface area contributed by atoms with Crippen molar-refractivity contribution >= 4 is 32.5 Å². The molecule has 1 fully saturated rings. The topological polar surface area (TPSA) is 81.2 Å². The smallest absolute Gasteiger partial charge is 0.183 e. The Morgan fingerprint density at radius 2 is 1.91 bits per heavy atom. The summed E-state index contributed by atoms with van der Waals surface area (Å²) < 4.78 is 12.2. The number of nitrogens with zero attached hydrogens (tertiary/aromatic N) is 3. The molecule has 2 aromatic carbocycles. The van der Waals surface area contributed by atoms with Gasteiger partial charge in [-0.3, -0.25) is 4.98 Å². The first-order valence-corrected chi connectivity index (χ1v) is 12.0. The van der Waals surface area contributed by atoms with Crippen LogP contribution in [-0.4, -0.2) is 41.8 Å². The molecule has 8 heteroatoms. The molecule has 2 aromatic heterocycles. The summed E-state index contributed by atoms with van der Waals surface area (Å²) in [5.41, 5.74) is 3.89. The van der Waals surface area contributed by atoms with Gasteiger partial charge in [-0.05, 0) is 36.5 Å². The van der Waals surface area contributed by atoms with Gasteiger partial charge in [-0.2, -0.15) is 0 Å². The lowest BCUT2D eigenvalue weighted by molar-refractivity contribution is 0.0699. The van der Waals surface area contributed by atoms with Crippen LogP contribution in [0.15, 0.2) is 54.9 Å². The second-order valence-electron chi connectivity index (χ2n) is 8.11. The number of hydrogen-bond acceptors (Lipinski definition) is 8. The van der Waals surface area contributed by atoms with Gasteiger partial charge in [0.2, 0.25) is 0 Å². The number of fused-ring (bicyclic) bond motifs is 1. The molecule has 4 aromatic rings. The van der Waals surface area contributed by atoms with E-state index in [0.717, 1.165) is 76.3 Å². The fourth-order valence-electron chi connectivity index (χ4n) is 3.96. The average Bonchev–Trinajstić information content (AvgIpc) is 3.30. The Kier molecular flexibility index (Phi) is 6.64. The van der Waals surface area contributed by atoms with Gasteiger partial charge in [0, 0.05) is 31.9 Å². The summed E-state index contributed by atoms with van der Waals surface area (Å²) in [6, 6.07) is 14.3. The van der Waals surface area contributed by atoms with Crippen molar-refractivity contribution in [3.05, 3.63) is 60.4 Å². The van der Waals surface area contributed by atoms with Crippen molar-refractivity contribution in [1.29, 1.82) is 0 Å². The van der Waals surface area contributed by atoms with E-state index in [9.17, 15) is 0 Å². The van der Waals surface area contributed by atoms with Crippen LogP contribution < -0.4 is 15.4 Å². The number of rotatable bonds is 8. The highest BCUT2D eigenvalue weighted by atomic mass is 32.1. The molecular formula is C25H27N5O2S.